The molecular weight excluding hydrogens is 429 g/mol. The van der Waals surface area contributed by atoms with E-state index in [9.17, 15) is 26.4 Å². The lowest BCUT2D eigenvalue weighted by Crippen LogP contribution is -2.29. The highest BCUT2D eigenvalue weighted by molar-refractivity contribution is 7.89. The highest BCUT2D eigenvalue weighted by Gasteiger charge is 2.30. The minimum Gasteiger partial charge on any atom is -0.341 e. The lowest BCUT2D eigenvalue weighted by atomic mass is 10.1. The average Bonchev–Trinajstić information content (AvgIpc) is 3.27. The maximum absolute atomic E-state index is 12.8. The first-order valence-corrected chi connectivity index (χ1v) is 11.1. The first kappa shape index (κ1) is 22.8. The van der Waals surface area contributed by atoms with Crippen molar-refractivity contribution in [2.75, 3.05) is 19.6 Å². The van der Waals surface area contributed by atoms with Gasteiger partial charge >= 0.3 is 6.18 Å². The van der Waals surface area contributed by atoms with Crippen LogP contribution in [0.2, 0.25) is 0 Å². The Morgan fingerprint density at radius 2 is 1.84 bits per heavy atom. The lowest BCUT2D eigenvalue weighted by Gasteiger charge is -2.16. The zero-order valence-electron chi connectivity index (χ0n) is 16.8. The Bertz CT molecular complexity index is 1140. The van der Waals surface area contributed by atoms with Gasteiger partial charge in [0.15, 0.2) is 0 Å². The van der Waals surface area contributed by atoms with Crippen LogP contribution in [0.5, 0.6) is 0 Å². The summed E-state index contributed by atoms with van der Waals surface area (Å²) < 4.78 is 65.1. The molecule has 1 fully saturated rings. The van der Waals surface area contributed by atoms with Gasteiger partial charge in [-0.1, -0.05) is 24.0 Å². The molecule has 0 aliphatic carbocycles. The summed E-state index contributed by atoms with van der Waals surface area (Å²) in [5.41, 5.74) is 0.193. The molecule has 164 valence electrons. The third kappa shape index (κ3) is 5.46. The number of carbonyl (C=O) groups is 1. The van der Waals surface area contributed by atoms with Crippen molar-refractivity contribution in [2.24, 2.45) is 0 Å². The molecule has 0 bridgehead atoms. The predicted molar refractivity (Wildman–Crippen MR) is 110 cm³/mol. The number of carbonyl (C=O) groups excluding carboxylic acids is 1. The van der Waals surface area contributed by atoms with Gasteiger partial charge in [0.25, 0.3) is 5.91 Å². The number of hydrogen-bond acceptors (Lipinski definition) is 3. The third-order valence-electron chi connectivity index (χ3n) is 4.92. The van der Waals surface area contributed by atoms with Crippen molar-refractivity contribution in [3.05, 3.63) is 64.7 Å². The summed E-state index contributed by atoms with van der Waals surface area (Å²) >= 11 is 0. The number of rotatable bonds is 4. The van der Waals surface area contributed by atoms with Crippen LogP contribution in [0.3, 0.4) is 0 Å². The second-order valence-electron chi connectivity index (χ2n) is 7.15. The van der Waals surface area contributed by atoms with Gasteiger partial charge in [0, 0.05) is 24.2 Å². The molecule has 0 spiro atoms. The van der Waals surface area contributed by atoms with Crippen LogP contribution in [0, 0.1) is 18.8 Å². The van der Waals surface area contributed by atoms with E-state index in [1.165, 1.54) is 28.6 Å². The van der Waals surface area contributed by atoms with Crippen molar-refractivity contribution in [3.8, 4) is 11.8 Å². The van der Waals surface area contributed by atoms with Crippen LogP contribution in [0.1, 0.15) is 39.9 Å². The largest absolute Gasteiger partial charge is 0.416 e. The van der Waals surface area contributed by atoms with Crippen molar-refractivity contribution < 1.29 is 26.4 Å². The van der Waals surface area contributed by atoms with Crippen LogP contribution >= 0.6 is 0 Å². The maximum atomic E-state index is 12.8. The number of aryl methyl sites for hydroxylation is 1. The molecule has 2 aromatic rings. The van der Waals surface area contributed by atoms with Crippen LogP contribution in [0.25, 0.3) is 0 Å². The molecule has 0 saturated carbocycles. The molecule has 0 radical (unpaired) electrons. The second kappa shape index (κ2) is 9.12. The fraction of sp³-hybridized carbons (Fsp3) is 0.318. The third-order valence-corrected chi connectivity index (χ3v) is 6.81. The Labute approximate surface area is 179 Å². The molecule has 5 nitrogen and oxygen atoms in total. The number of alkyl halides is 3. The van der Waals surface area contributed by atoms with Gasteiger partial charge < -0.3 is 5.32 Å². The summed E-state index contributed by atoms with van der Waals surface area (Å²) in [7, 11) is -3.66. The van der Waals surface area contributed by atoms with Crippen molar-refractivity contribution in [1.82, 2.24) is 9.62 Å². The number of hydrogen-bond donors (Lipinski definition) is 1. The number of sulfonamides is 1. The summed E-state index contributed by atoms with van der Waals surface area (Å²) in [5.74, 6) is 4.69. The Kier molecular flexibility index (Phi) is 6.72. The van der Waals surface area contributed by atoms with E-state index in [2.05, 4.69) is 17.2 Å². The zero-order chi connectivity index (χ0) is 22.6. The van der Waals surface area contributed by atoms with Crippen molar-refractivity contribution in [1.29, 1.82) is 0 Å². The van der Waals surface area contributed by atoms with Crippen LogP contribution in [0.4, 0.5) is 13.2 Å². The molecule has 0 aromatic heterocycles. The summed E-state index contributed by atoms with van der Waals surface area (Å²) in [4.78, 5) is 12.6. The van der Waals surface area contributed by atoms with Gasteiger partial charge in [-0.2, -0.15) is 17.5 Å². The van der Waals surface area contributed by atoms with Crippen LogP contribution in [-0.4, -0.2) is 38.3 Å². The molecular formula is C22H21F3N2O3S. The molecule has 9 heteroatoms. The topological polar surface area (TPSA) is 66.5 Å². The lowest BCUT2D eigenvalue weighted by molar-refractivity contribution is -0.137. The standard InChI is InChI=1S/C22H21F3N2O3S/c1-16-9-10-19(31(29,30)27-12-2-3-13-27)15-20(16)21(28)26-11-5-7-17-6-4-8-18(14-17)22(23,24)25/h4,6,8-10,14-15H,2-3,11-13H2,1H3,(H,26,28). The van der Waals surface area contributed by atoms with Crippen molar-refractivity contribution in [2.45, 2.75) is 30.8 Å². The van der Waals surface area contributed by atoms with Crippen LogP contribution in [-0.2, 0) is 16.2 Å². The number of halogens is 3. The van der Waals surface area contributed by atoms with E-state index < -0.39 is 27.7 Å². The molecule has 1 heterocycles. The van der Waals surface area contributed by atoms with E-state index in [0.29, 0.717) is 18.7 Å². The highest BCUT2D eigenvalue weighted by Crippen LogP contribution is 2.29. The smallest absolute Gasteiger partial charge is 0.341 e. The molecule has 0 unspecified atom stereocenters. The van der Waals surface area contributed by atoms with Gasteiger partial charge in [0.2, 0.25) is 10.0 Å². The van der Waals surface area contributed by atoms with Gasteiger partial charge in [-0.25, -0.2) is 8.42 Å². The Morgan fingerprint density at radius 1 is 1.13 bits per heavy atom. The van der Waals surface area contributed by atoms with Gasteiger partial charge in [-0.15, -0.1) is 0 Å². The normalized spacial score (nSPS) is 14.7. The monoisotopic (exact) mass is 450 g/mol. The quantitative estimate of drug-likeness (QED) is 0.725. The SMILES string of the molecule is Cc1ccc(S(=O)(=O)N2CCCC2)cc1C(=O)NCC#Cc1cccc(C(F)(F)F)c1. The maximum Gasteiger partial charge on any atom is 0.416 e. The summed E-state index contributed by atoms with van der Waals surface area (Å²) in [6, 6.07) is 9.00. The summed E-state index contributed by atoms with van der Waals surface area (Å²) in [6.45, 7) is 2.51. The Morgan fingerprint density at radius 3 is 2.52 bits per heavy atom. The van der Waals surface area contributed by atoms with Gasteiger partial charge in [-0.3, -0.25) is 4.79 Å². The number of nitrogens with one attached hydrogen (secondary N) is 1. The van der Waals surface area contributed by atoms with E-state index in [0.717, 1.165) is 25.0 Å². The van der Waals surface area contributed by atoms with E-state index in [-0.39, 0.29) is 22.6 Å². The van der Waals surface area contributed by atoms with Crippen molar-refractivity contribution in [3.63, 3.8) is 0 Å². The fourth-order valence-electron chi connectivity index (χ4n) is 3.22. The minimum absolute atomic E-state index is 0.0557. The minimum atomic E-state index is -4.45. The Balaban J connectivity index is 1.70. The average molecular weight is 450 g/mol. The fourth-order valence-corrected chi connectivity index (χ4v) is 4.77. The molecule has 3 rings (SSSR count). The van der Waals surface area contributed by atoms with E-state index >= 15 is 0 Å². The molecule has 1 saturated heterocycles. The van der Waals surface area contributed by atoms with E-state index in [4.69, 9.17) is 0 Å². The van der Waals surface area contributed by atoms with Crippen LogP contribution < -0.4 is 5.32 Å². The van der Waals surface area contributed by atoms with Gasteiger partial charge in [-0.05, 0) is 55.7 Å². The molecule has 2 aromatic carbocycles. The molecule has 1 amide bonds. The van der Waals surface area contributed by atoms with Gasteiger partial charge in [0.05, 0.1) is 17.0 Å². The molecule has 1 aliphatic rings. The first-order chi connectivity index (χ1) is 14.6. The van der Waals surface area contributed by atoms with E-state index in [1.54, 1.807) is 13.0 Å². The molecule has 1 N–H and O–H groups in total. The molecule has 31 heavy (non-hydrogen) atoms. The second-order valence-corrected chi connectivity index (χ2v) is 9.09. The summed E-state index contributed by atoms with van der Waals surface area (Å²) in [6.07, 6.45) is -2.84. The van der Waals surface area contributed by atoms with E-state index in [1.807, 2.05) is 0 Å². The summed E-state index contributed by atoms with van der Waals surface area (Å²) in [5, 5.41) is 2.56. The van der Waals surface area contributed by atoms with Crippen LogP contribution in [0.15, 0.2) is 47.4 Å². The van der Waals surface area contributed by atoms with Crippen molar-refractivity contribution >= 4 is 15.9 Å². The molecule has 1 aliphatic heterocycles. The molecule has 0 atom stereocenters. The number of amides is 1. The predicted octanol–water partition coefficient (Wildman–Crippen LogP) is 3.58. The number of nitrogens with zero attached hydrogens (tertiary/aromatic N) is 1. The first-order valence-electron chi connectivity index (χ1n) is 9.64. The number of benzene rings is 2. The Hall–Kier alpha value is -2.83. The zero-order valence-corrected chi connectivity index (χ0v) is 17.6. The highest BCUT2D eigenvalue weighted by atomic mass is 32.2. The van der Waals surface area contributed by atoms with Gasteiger partial charge in [0.1, 0.15) is 0 Å².